The number of hydrogen-bond donors (Lipinski definition) is 1. The zero-order chi connectivity index (χ0) is 19.7. The Bertz CT molecular complexity index is 1100. The second-order valence-corrected chi connectivity index (χ2v) is 8.92. The van der Waals surface area contributed by atoms with Gasteiger partial charge in [0, 0.05) is 19.0 Å². The van der Waals surface area contributed by atoms with E-state index in [1.165, 1.54) is 10.6 Å². The molecule has 2 aromatic heterocycles. The largest absolute Gasteiger partial charge is 0.324 e. The van der Waals surface area contributed by atoms with E-state index >= 15 is 0 Å². The maximum atomic E-state index is 12.5. The van der Waals surface area contributed by atoms with Gasteiger partial charge in [0.1, 0.15) is 12.1 Å². The summed E-state index contributed by atoms with van der Waals surface area (Å²) in [4.78, 5) is 21.3. The average Bonchev–Trinajstić information content (AvgIpc) is 3.12. The van der Waals surface area contributed by atoms with Gasteiger partial charge in [0.25, 0.3) is 0 Å². The highest BCUT2D eigenvalue weighted by Crippen LogP contribution is 2.22. The van der Waals surface area contributed by atoms with Gasteiger partial charge in [-0.3, -0.25) is 9.36 Å². The number of pyridine rings is 1. The zero-order valence-corrected chi connectivity index (χ0v) is 16.3. The van der Waals surface area contributed by atoms with E-state index in [0.717, 1.165) is 11.0 Å². The number of anilines is 1. The van der Waals surface area contributed by atoms with Crippen molar-refractivity contribution in [1.29, 1.82) is 0 Å². The van der Waals surface area contributed by atoms with Gasteiger partial charge in [-0.1, -0.05) is 12.1 Å². The van der Waals surface area contributed by atoms with Crippen LogP contribution >= 0.6 is 0 Å². The fraction of sp³-hybridized carbons (Fsp3) is 0.316. The summed E-state index contributed by atoms with van der Waals surface area (Å²) in [5.74, 6) is 0.416. The summed E-state index contributed by atoms with van der Waals surface area (Å²) in [6, 6.07) is 11.4. The molecule has 1 aliphatic rings. The molecule has 1 saturated heterocycles. The van der Waals surface area contributed by atoms with Crippen molar-refractivity contribution < 1.29 is 13.2 Å². The lowest BCUT2D eigenvalue weighted by atomic mass is 9.97. The molecule has 28 heavy (non-hydrogen) atoms. The Hall–Kier alpha value is -2.78. The predicted molar refractivity (Wildman–Crippen MR) is 107 cm³/mol. The number of nitrogens with zero attached hydrogens (tertiary/aromatic N) is 4. The summed E-state index contributed by atoms with van der Waals surface area (Å²) < 4.78 is 26.5. The van der Waals surface area contributed by atoms with E-state index in [0.29, 0.717) is 37.4 Å². The quantitative estimate of drug-likeness (QED) is 0.724. The van der Waals surface area contributed by atoms with Crippen LogP contribution in [0.3, 0.4) is 0 Å². The average molecular weight is 399 g/mol. The molecule has 1 aliphatic heterocycles. The van der Waals surface area contributed by atoms with Crippen LogP contribution in [0.15, 0.2) is 48.9 Å². The zero-order valence-electron chi connectivity index (χ0n) is 15.4. The number of carbonyl (C=O) groups is 1. The summed E-state index contributed by atoms with van der Waals surface area (Å²) in [6.07, 6.45) is 5.58. The molecule has 146 valence electrons. The van der Waals surface area contributed by atoms with E-state index < -0.39 is 10.0 Å². The molecule has 9 heteroatoms. The van der Waals surface area contributed by atoms with E-state index in [9.17, 15) is 13.2 Å². The molecule has 0 spiro atoms. The number of rotatable bonds is 4. The minimum Gasteiger partial charge on any atom is -0.324 e. The highest BCUT2D eigenvalue weighted by atomic mass is 32.2. The van der Waals surface area contributed by atoms with Crippen LogP contribution in [0.25, 0.3) is 16.9 Å². The number of benzene rings is 1. The first kappa shape index (κ1) is 18.6. The number of hydrogen-bond acceptors (Lipinski definition) is 5. The molecule has 1 amide bonds. The van der Waals surface area contributed by atoms with Crippen molar-refractivity contribution in [3.05, 3.63) is 48.9 Å². The lowest BCUT2D eigenvalue weighted by Crippen LogP contribution is -2.40. The first-order valence-corrected chi connectivity index (χ1v) is 10.9. The van der Waals surface area contributed by atoms with Gasteiger partial charge >= 0.3 is 0 Å². The normalized spacial score (nSPS) is 16.3. The van der Waals surface area contributed by atoms with Gasteiger partial charge in [-0.15, -0.1) is 0 Å². The van der Waals surface area contributed by atoms with Crippen LogP contribution in [0.2, 0.25) is 0 Å². The number of sulfonamides is 1. The van der Waals surface area contributed by atoms with Crippen LogP contribution in [-0.4, -0.2) is 52.5 Å². The lowest BCUT2D eigenvalue weighted by Gasteiger charge is -2.29. The van der Waals surface area contributed by atoms with Gasteiger partial charge in [-0.2, -0.15) is 0 Å². The molecule has 0 unspecified atom stereocenters. The standard InChI is InChI=1S/C19H21N5O3S/c1-28(26,27)23-10-8-14(9-11-23)19(25)22-15-6-7-18(20-12-15)24-13-21-16-4-2-3-5-17(16)24/h2-7,12-14H,8-11H2,1H3,(H,22,25). The SMILES string of the molecule is CS(=O)(=O)N1CCC(C(=O)Nc2ccc(-n3cnc4ccccc43)nc2)CC1. The van der Waals surface area contributed by atoms with Crippen LogP contribution in [0.4, 0.5) is 5.69 Å². The molecule has 0 atom stereocenters. The Kier molecular flexibility index (Phi) is 4.86. The van der Waals surface area contributed by atoms with Gasteiger partial charge < -0.3 is 5.32 Å². The summed E-state index contributed by atoms with van der Waals surface area (Å²) in [6.45, 7) is 0.754. The van der Waals surface area contributed by atoms with E-state index in [1.54, 1.807) is 18.6 Å². The highest BCUT2D eigenvalue weighted by molar-refractivity contribution is 7.88. The van der Waals surface area contributed by atoms with Gasteiger partial charge in [0.05, 0.1) is 29.2 Å². The number of aromatic nitrogens is 3. The van der Waals surface area contributed by atoms with Crippen molar-refractivity contribution in [2.75, 3.05) is 24.7 Å². The molecule has 0 aliphatic carbocycles. The number of imidazole rings is 1. The Morgan fingerprint density at radius 2 is 1.86 bits per heavy atom. The van der Waals surface area contributed by atoms with Crippen molar-refractivity contribution in [3.8, 4) is 5.82 Å². The van der Waals surface area contributed by atoms with E-state index in [-0.39, 0.29) is 11.8 Å². The third-order valence-corrected chi connectivity index (χ3v) is 6.31. The fourth-order valence-electron chi connectivity index (χ4n) is 3.44. The first-order chi connectivity index (χ1) is 13.4. The molecule has 0 radical (unpaired) electrons. The Morgan fingerprint density at radius 1 is 1.11 bits per heavy atom. The molecule has 0 saturated carbocycles. The van der Waals surface area contributed by atoms with Crippen molar-refractivity contribution in [2.24, 2.45) is 5.92 Å². The van der Waals surface area contributed by atoms with Gasteiger partial charge in [-0.25, -0.2) is 22.7 Å². The fourth-order valence-corrected chi connectivity index (χ4v) is 4.31. The third kappa shape index (κ3) is 3.76. The van der Waals surface area contributed by atoms with Crippen molar-refractivity contribution in [2.45, 2.75) is 12.8 Å². The smallest absolute Gasteiger partial charge is 0.227 e. The van der Waals surface area contributed by atoms with Crippen LogP contribution in [0.1, 0.15) is 12.8 Å². The van der Waals surface area contributed by atoms with Crippen molar-refractivity contribution in [1.82, 2.24) is 18.8 Å². The van der Waals surface area contributed by atoms with Gasteiger partial charge in [-0.05, 0) is 37.1 Å². The highest BCUT2D eigenvalue weighted by Gasteiger charge is 2.28. The lowest BCUT2D eigenvalue weighted by molar-refractivity contribution is -0.120. The number of carbonyl (C=O) groups excluding carboxylic acids is 1. The second kappa shape index (κ2) is 7.33. The van der Waals surface area contributed by atoms with Crippen molar-refractivity contribution >= 4 is 32.7 Å². The molecule has 4 rings (SSSR count). The van der Waals surface area contributed by atoms with E-state index in [2.05, 4.69) is 15.3 Å². The molecule has 1 N–H and O–H groups in total. The maximum absolute atomic E-state index is 12.5. The van der Waals surface area contributed by atoms with Crippen LogP contribution in [0.5, 0.6) is 0 Å². The number of para-hydroxylation sites is 2. The molecule has 1 aromatic carbocycles. The predicted octanol–water partition coefficient (Wildman–Crippen LogP) is 2.03. The molecule has 0 bridgehead atoms. The van der Waals surface area contributed by atoms with Crippen LogP contribution < -0.4 is 5.32 Å². The van der Waals surface area contributed by atoms with Gasteiger partial charge in [0.15, 0.2) is 0 Å². The summed E-state index contributed by atoms with van der Waals surface area (Å²) in [7, 11) is -3.19. The molecule has 8 nitrogen and oxygen atoms in total. The topological polar surface area (TPSA) is 97.2 Å². The summed E-state index contributed by atoms with van der Waals surface area (Å²) >= 11 is 0. The minimum atomic E-state index is -3.19. The Labute approximate surface area is 163 Å². The number of amides is 1. The first-order valence-electron chi connectivity index (χ1n) is 9.06. The van der Waals surface area contributed by atoms with E-state index in [1.807, 2.05) is 34.9 Å². The minimum absolute atomic E-state index is 0.101. The van der Waals surface area contributed by atoms with Gasteiger partial charge in [0.2, 0.25) is 15.9 Å². The molecule has 1 fully saturated rings. The van der Waals surface area contributed by atoms with Crippen molar-refractivity contribution in [3.63, 3.8) is 0 Å². The summed E-state index contributed by atoms with van der Waals surface area (Å²) in [5.41, 5.74) is 2.47. The van der Waals surface area contributed by atoms with Crippen LogP contribution in [-0.2, 0) is 14.8 Å². The molecule has 3 aromatic rings. The van der Waals surface area contributed by atoms with Crippen LogP contribution in [0, 0.1) is 5.92 Å². The number of piperidine rings is 1. The monoisotopic (exact) mass is 399 g/mol. The number of fused-ring (bicyclic) bond motifs is 1. The molecular formula is C19H21N5O3S. The Morgan fingerprint density at radius 3 is 2.54 bits per heavy atom. The second-order valence-electron chi connectivity index (χ2n) is 6.93. The molecular weight excluding hydrogens is 378 g/mol. The van der Waals surface area contributed by atoms with E-state index in [4.69, 9.17) is 0 Å². The summed E-state index contributed by atoms with van der Waals surface area (Å²) in [5, 5.41) is 2.88. The molecule has 3 heterocycles. The third-order valence-electron chi connectivity index (χ3n) is 5.01. The number of nitrogens with one attached hydrogen (secondary N) is 1. The maximum Gasteiger partial charge on any atom is 0.227 e. The Balaban J connectivity index is 1.42.